The van der Waals surface area contributed by atoms with E-state index in [1.807, 2.05) is 0 Å². The number of carboxylic acid groups (broad SMARTS) is 2. The van der Waals surface area contributed by atoms with E-state index in [4.69, 9.17) is 18.8 Å². The number of hydrogen-bond acceptors (Lipinski definition) is 10. The van der Waals surface area contributed by atoms with Crippen molar-refractivity contribution in [3.05, 3.63) is 52.9 Å². The van der Waals surface area contributed by atoms with E-state index >= 15 is 0 Å². The Morgan fingerprint density at radius 2 is 2.08 bits per heavy atom. The SMILES string of the molecule is [2H]C([2H])([2H])C(O/N=C(/C(=O)N[C@@H]1C(=O)N2C(C(=O)O)=C(C[n+]3ccccc3)CS[C@H]12)c1csc(N)n1)(C(=O)O)C([2H])([2H])[2H]. The van der Waals surface area contributed by atoms with Crippen LogP contribution in [0.25, 0.3) is 0 Å². The van der Waals surface area contributed by atoms with E-state index in [0.29, 0.717) is 5.57 Å². The minimum absolute atomic E-state index is 0.0829. The van der Waals surface area contributed by atoms with Gasteiger partial charge in [-0.05, 0) is 13.7 Å². The van der Waals surface area contributed by atoms with Crippen LogP contribution in [0.4, 0.5) is 5.13 Å². The summed E-state index contributed by atoms with van der Waals surface area (Å²) in [5, 5.41) is 25.5. The summed E-state index contributed by atoms with van der Waals surface area (Å²) in [7, 11) is 0. The molecule has 2 aliphatic heterocycles. The van der Waals surface area contributed by atoms with Gasteiger partial charge in [0.25, 0.3) is 11.8 Å². The molecule has 37 heavy (non-hydrogen) atoms. The van der Waals surface area contributed by atoms with Crippen molar-refractivity contribution in [3.8, 4) is 0 Å². The maximum Gasteiger partial charge on any atom is 0.352 e. The number of oxime groups is 1. The number of nitrogen functional groups attached to an aromatic ring is 1. The van der Waals surface area contributed by atoms with Crippen molar-refractivity contribution in [2.45, 2.75) is 37.3 Å². The fourth-order valence-electron chi connectivity index (χ4n) is 3.53. The smallest absolute Gasteiger partial charge is 0.352 e. The Hall–Kier alpha value is -3.98. The molecule has 4 rings (SSSR count). The fraction of sp³-hybridized carbons (Fsp3) is 0.318. The van der Waals surface area contributed by atoms with E-state index in [2.05, 4.69) is 15.5 Å². The molecule has 13 nitrogen and oxygen atoms in total. The topological polar surface area (TPSA) is 188 Å². The lowest BCUT2D eigenvalue weighted by molar-refractivity contribution is -0.689. The van der Waals surface area contributed by atoms with Crippen LogP contribution in [0.2, 0.25) is 0 Å². The second kappa shape index (κ2) is 10.2. The molecule has 0 unspecified atom stereocenters. The van der Waals surface area contributed by atoms with E-state index in [1.165, 1.54) is 17.1 Å². The monoisotopic (exact) mass is 553 g/mol. The summed E-state index contributed by atoms with van der Waals surface area (Å²) in [5.74, 6) is -5.53. The summed E-state index contributed by atoms with van der Waals surface area (Å²) < 4.78 is 47.1. The first-order chi connectivity index (χ1) is 20.0. The quantitative estimate of drug-likeness (QED) is 0.143. The Balaban J connectivity index is 1.64. The van der Waals surface area contributed by atoms with Gasteiger partial charge in [-0.25, -0.2) is 19.1 Å². The molecule has 0 radical (unpaired) electrons. The van der Waals surface area contributed by atoms with Crippen molar-refractivity contribution in [2.75, 3.05) is 11.5 Å². The van der Waals surface area contributed by atoms with E-state index in [1.54, 1.807) is 35.2 Å². The summed E-state index contributed by atoms with van der Waals surface area (Å²) >= 11 is 2.00. The van der Waals surface area contributed by atoms with E-state index in [0.717, 1.165) is 16.2 Å². The number of hydrogen-bond donors (Lipinski definition) is 4. The number of fused-ring (bicyclic) bond motifs is 1. The number of carbonyl (C=O) groups excluding carboxylic acids is 2. The molecular weight excluding hydrogens is 524 g/mol. The number of rotatable bonds is 9. The molecule has 0 aliphatic carbocycles. The second-order valence-electron chi connectivity index (χ2n) is 7.75. The Morgan fingerprint density at radius 3 is 2.68 bits per heavy atom. The largest absolute Gasteiger partial charge is 0.478 e. The van der Waals surface area contributed by atoms with Crippen molar-refractivity contribution in [3.63, 3.8) is 0 Å². The van der Waals surface area contributed by atoms with E-state index in [9.17, 15) is 29.4 Å². The Kier molecular flexibility index (Phi) is 5.27. The normalized spacial score (nSPS) is 22.8. The molecule has 2 aromatic heterocycles. The van der Waals surface area contributed by atoms with Gasteiger partial charge < -0.3 is 26.1 Å². The zero-order chi connectivity index (χ0) is 31.9. The third-order valence-electron chi connectivity index (χ3n) is 5.24. The molecule has 4 heterocycles. The van der Waals surface area contributed by atoms with Crippen molar-refractivity contribution in [2.24, 2.45) is 5.16 Å². The second-order valence-corrected chi connectivity index (χ2v) is 9.75. The van der Waals surface area contributed by atoms with E-state index < -0.39 is 60.2 Å². The number of amides is 2. The minimum Gasteiger partial charge on any atom is -0.478 e. The van der Waals surface area contributed by atoms with Crippen LogP contribution >= 0.6 is 23.1 Å². The number of pyridine rings is 1. The van der Waals surface area contributed by atoms with Gasteiger partial charge in [-0.1, -0.05) is 11.2 Å². The lowest BCUT2D eigenvalue weighted by Gasteiger charge is -2.49. The third-order valence-corrected chi connectivity index (χ3v) is 7.26. The van der Waals surface area contributed by atoms with Gasteiger partial charge in [-0.2, -0.15) is 0 Å². The molecule has 0 aromatic carbocycles. The summed E-state index contributed by atoms with van der Waals surface area (Å²) in [4.78, 5) is 60.2. The number of aliphatic carboxylic acids is 2. The fourth-order valence-corrected chi connectivity index (χ4v) is 5.41. The highest BCUT2D eigenvalue weighted by Gasteiger charge is 2.54. The summed E-state index contributed by atoms with van der Waals surface area (Å²) in [6.45, 7) is -7.37. The van der Waals surface area contributed by atoms with Crippen LogP contribution in [0, 0.1) is 0 Å². The van der Waals surface area contributed by atoms with Gasteiger partial charge in [-0.3, -0.25) is 14.5 Å². The zero-order valence-electron chi connectivity index (χ0n) is 24.7. The zero-order valence-corrected chi connectivity index (χ0v) is 20.3. The highest BCUT2D eigenvalue weighted by molar-refractivity contribution is 8.00. The van der Waals surface area contributed by atoms with Crippen LogP contribution in [0.3, 0.4) is 0 Å². The lowest BCUT2D eigenvalue weighted by atomic mass is 10.0. The van der Waals surface area contributed by atoms with Crippen molar-refractivity contribution in [1.29, 1.82) is 0 Å². The van der Waals surface area contributed by atoms with Gasteiger partial charge in [0.15, 0.2) is 29.8 Å². The van der Waals surface area contributed by atoms with Crippen molar-refractivity contribution in [1.82, 2.24) is 15.2 Å². The molecule has 194 valence electrons. The summed E-state index contributed by atoms with van der Waals surface area (Å²) in [6.07, 6.45) is 3.46. The van der Waals surface area contributed by atoms with Gasteiger partial charge in [-0.15, -0.1) is 23.1 Å². The number of carbonyl (C=O) groups is 4. The molecule has 0 bridgehead atoms. The molecule has 0 saturated carbocycles. The predicted molar refractivity (Wildman–Crippen MR) is 132 cm³/mol. The van der Waals surface area contributed by atoms with Crippen LogP contribution in [0.5, 0.6) is 0 Å². The van der Waals surface area contributed by atoms with E-state index in [-0.39, 0.29) is 28.8 Å². The minimum atomic E-state index is -3.87. The molecule has 1 fully saturated rings. The van der Waals surface area contributed by atoms with Gasteiger partial charge in [0.05, 0.1) is 0 Å². The Bertz CT molecular complexity index is 1510. The maximum atomic E-state index is 13.3. The first-order valence-corrected chi connectivity index (χ1v) is 12.3. The molecule has 2 atom stereocenters. The van der Waals surface area contributed by atoms with Crippen molar-refractivity contribution < 1.29 is 47.0 Å². The summed E-state index contributed by atoms with van der Waals surface area (Å²) in [5.41, 5.74) is 0.777. The molecule has 2 amide bonds. The van der Waals surface area contributed by atoms with Crippen LogP contribution in [0.15, 0.2) is 52.4 Å². The highest BCUT2D eigenvalue weighted by Crippen LogP contribution is 2.40. The number of thiazole rings is 1. The third kappa shape index (κ3) is 5.27. The molecule has 5 N–H and O–H groups in total. The molecule has 2 aliphatic rings. The van der Waals surface area contributed by atoms with Crippen LogP contribution in [-0.4, -0.2) is 72.3 Å². The number of nitrogens with two attached hydrogens (primary N) is 1. The molecule has 0 spiro atoms. The number of aromatic nitrogens is 2. The average molecular weight is 554 g/mol. The van der Waals surface area contributed by atoms with Gasteiger partial charge in [0.2, 0.25) is 5.60 Å². The predicted octanol–water partition coefficient (Wildman–Crippen LogP) is 0.0355. The number of thioether (sulfide) groups is 1. The van der Waals surface area contributed by atoms with Gasteiger partial charge in [0, 0.05) is 37.1 Å². The lowest BCUT2D eigenvalue weighted by Crippen LogP contribution is -2.71. The first kappa shape index (κ1) is 19.2. The van der Waals surface area contributed by atoms with Crippen LogP contribution in [-0.2, 0) is 30.6 Å². The molecule has 2 aromatic rings. The Labute approximate surface area is 227 Å². The average Bonchev–Trinajstić information content (AvgIpc) is 3.33. The number of carboxylic acids is 2. The van der Waals surface area contributed by atoms with Crippen LogP contribution in [0.1, 0.15) is 27.6 Å². The number of anilines is 1. The first-order valence-electron chi connectivity index (χ1n) is 13.4. The number of nitrogens with zero attached hydrogens (tertiary/aromatic N) is 4. The maximum absolute atomic E-state index is 13.3. The van der Waals surface area contributed by atoms with Gasteiger partial charge in [0.1, 0.15) is 22.8 Å². The standard InChI is InChI=1S/C22H22N6O7S2/c1-22(2,20(33)34)35-26-13(12-10-37-21(23)24-12)16(29)25-14-17(30)28-15(19(31)32)11(9-36-18(14)28)8-27-6-4-3-5-7-27/h3-7,10,14,18H,8-9H2,1-2H3,(H4-,23,24,25,29,31,32,33,34)/p+1/b26-13+/t14-,18-/m1/s1/i1D3,2D3. The highest BCUT2D eigenvalue weighted by atomic mass is 32.2. The number of β-lactam (4-membered cyclic amide) rings is 1. The molecule has 15 heteroatoms. The molecular formula is C22H23N6O7S2+. The number of nitrogens with one attached hydrogen (secondary N) is 1. The Morgan fingerprint density at radius 1 is 1.35 bits per heavy atom. The van der Waals surface area contributed by atoms with Crippen LogP contribution < -0.4 is 15.6 Å². The summed E-state index contributed by atoms with van der Waals surface area (Å²) in [6, 6.07) is 4.02. The van der Waals surface area contributed by atoms with Crippen molar-refractivity contribution >= 4 is 57.7 Å². The molecule has 1 saturated heterocycles. The van der Waals surface area contributed by atoms with Gasteiger partial charge >= 0.3 is 11.9 Å².